The number of hydrogen-bond donors (Lipinski definition) is 1. The number of aryl methyl sites for hydroxylation is 1. The molecule has 0 bridgehead atoms. The number of rotatable bonds is 4. The van der Waals surface area contributed by atoms with Crippen LogP contribution >= 0.6 is 0 Å². The first-order valence-corrected chi connectivity index (χ1v) is 7.49. The molecule has 2 heterocycles. The molecule has 0 radical (unpaired) electrons. The van der Waals surface area contributed by atoms with Crippen molar-refractivity contribution in [1.29, 1.82) is 0 Å². The summed E-state index contributed by atoms with van der Waals surface area (Å²) in [6.07, 6.45) is 9.26. The molecule has 4 nitrogen and oxygen atoms in total. The summed E-state index contributed by atoms with van der Waals surface area (Å²) in [5.41, 5.74) is 0. The first kappa shape index (κ1) is 12.2. The zero-order valence-corrected chi connectivity index (χ0v) is 11.4. The summed E-state index contributed by atoms with van der Waals surface area (Å²) in [6.45, 7) is 4.31. The van der Waals surface area contributed by atoms with Gasteiger partial charge in [0.2, 0.25) is 0 Å². The van der Waals surface area contributed by atoms with Crippen LogP contribution in [0.4, 0.5) is 0 Å². The second kappa shape index (κ2) is 5.39. The van der Waals surface area contributed by atoms with Gasteiger partial charge in [-0.15, -0.1) is 10.2 Å². The van der Waals surface area contributed by atoms with Crippen molar-refractivity contribution in [1.82, 2.24) is 20.1 Å². The highest BCUT2D eigenvalue weighted by molar-refractivity contribution is 4.99. The minimum Gasteiger partial charge on any atom is -0.314 e. The van der Waals surface area contributed by atoms with E-state index in [-0.39, 0.29) is 0 Å². The van der Waals surface area contributed by atoms with Gasteiger partial charge < -0.3 is 9.88 Å². The zero-order valence-electron chi connectivity index (χ0n) is 11.4. The molecule has 1 aliphatic carbocycles. The van der Waals surface area contributed by atoms with Gasteiger partial charge in [-0.3, -0.25) is 0 Å². The van der Waals surface area contributed by atoms with Gasteiger partial charge in [0.25, 0.3) is 0 Å². The topological polar surface area (TPSA) is 42.7 Å². The molecule has 0 unspecified atom stereocenters. The molecular weight excluding hydrogens is 224 g/mol. The molecule has 3 rings (SSSR count). The molecule has 0 saturated heterocycles. The van der Waals surface area contributed by atoms with Gasteiger partial charge in [0.15, 0.2) is 0 Å². The van der Waals surface area contributed by atoms with Crippen LogP contribution < -0.4 is 5.32 Å². The third-order valence-corrected chi connectivity index (χ3v) is 4.63. The Kier molecular flexibility index (Phi) is 3.64. The van der Waals surface area contributed by atoms with Crippen molar-refractivity contribution in [2.75, 3.05) is 0 Å². The maximum Gasteiger partial charge on any atom is 0.147 e. The van der Waals surface area contributed by atoms with Crippen molar-refractivity contribution in [3.8, 4) is 0 Å². The maximum atomic E-state index is 4.35. The van der Waals surface area contributed by atoms with Crippen LogP contribution in [-0.2, 0) is 19.5 Å². The highest BCUT2D eigenvalue weighted by Crippen LogP contribution is 2.27. The molecular formula is C14H24N4. The molecule has 1 fully saturated rings. The van der Waals surface area contributed by atoms with E-state index < -0.39 is 0 Å². The zero-order chi connectivity index (χ0) is 12.4. The highest BCUT2D eigenvalue weighted by Gasteiger charge is 2.22. The molecule has 1 aliphatic heterocycles. The first-order valence-electron chi connectivity index (χ1n) is 7.49. The monoisotopic (exact) mass is 248 g/mol. The van der Waals surface area contributed by atoms with Crippen LogP contribution in [0, 0.1) is 5.92 Å². The fourth-order valence-electron chi connectivity index (χ4n) is 3.38. The van der Waals surface area contributed by atoms with Gasteiger partial charge in [-0.2, -0.15) is 0 Å². The SMILES string of the molecule is C[C@H](NCc1nnc2n1CCCC2)C1CCCC1. The first-order chi connectivity index (χ1) is 8.84. The van der Waals surface area contributed by atoms with Gasteiger partial charge in [0, 0.05) is 19.0 Å². The summed E-state index contributed by atoms with van der Waals surface area (Å²) in [5.74, 6) is 3.19. The lowest BCUT2D eigenvalue weighted by Gasteiger charge is -2.21. The summed E-state index contributed by atoms with van der Waals surface area (Å²) in [5, 5.41) is 12.3. The van der Waals surface area contributed by atoms with Gasteiger partial charge in [0.1, 0.15) is 11.6 Å². The van der Waals surface area contributed by atoms with Gasteiger partial charge in [0.05, 0.1) is 6.54 Å². The van der Waals surface area contributed by atoms with E-state index in [0.717, 1.165) is 31.3 Å². The minimum absolute atomic E-state index is 0.615. The van der Waals surface area contributed by atoms with Crippen molar-refractivity contribution in [3.05, 3.63) is 11.6 Å². The molecule has 0 aromatic carbocycles. The van der Waals surface area contributed by atoms with Crippen LogP contribution in [-0.4, -0.2) is 20.8 Å². The van der Waals surface area contributed by atoms with Crippen LogP contribution in [0.3, 0.4) is 0 Å². The van der Waals surface area contributed by atoms with Gasteiger partial charge in [-0.25, -0.2) is 0 Å². The number of nitrogens with one attached hydrogen (secondary N) is 1. The largest absolute Gasteiger partial charge is 0.314 e. The van der Waals surface area contributed by atoms with Crippen LogP contribution in [0.25, 0.3) is 0 Å². The quantitative estimate of drug-likeness (QED) is 0.889. The van der Waals surface area contributed by atoms with Crippen LogP contribution in [0.5, 0.6) is 0 Å². The van der Waals surface area contributed by atoms with Crippen LogP contribution in [0.2, 0.25) is 0 Å². The van der Waals surface area contributed by atoms with E-state index in [9.17, 15) is 0 Å². The van der Waals surface area contributed by atoms with Crippen molar-refractivity contribution in [2.45, 2.75) is 71.0 Å². The Morgan fingerprint density at radius 3 is 2.89 bits per heavy atom. The van der Waals surface area contributed by atoms with E-state index in [1.807, 2.05) is 0 Å². The molecule has 0 amide bonds. The van der Waals surface area contributed by atoms with E-state index in [1.54, 1.807) is 0 Å². The molecule has 1 aromatic rings. The van der Waals surface area contributed by atoms with E-state index in [4.69, 9.17) is 0 Å². The standard InChI is InChI=1S/C14H24N4/c1-11(12-6-2-3-7-12)15-10-14-17-16-13-8-4-5-9-18(13)14/h11-12,15H,2-10H2,1H3/t11-/m0/s1. The maximum absolute atomic E-state index is 4.35. The van der Waals surface area contributed by atoms with Gasteiger partial charge in [-0.05, 0) is 38.5 Å². The summed E-state index contributed by atoms with van der Waals surface area (Å²) >= 11 is 0. The lowest BCUT2D eigenvalue weighted by molar-refractivity contribution is 0.372. The van der Waals surface area contributed by atoms with Crippen molar-refractivity contribution >= 4 is 0 Å². The summed E-state index contributed by atoms with van der Waals surface area (Å²) in [7, 11) is 0. The third kappa shape index (κ3) is 2.44. The Balaban J connectivity index is 1.57. The number of nitrogens with zero attached hydrogens (tertiary/aromatic N) is 3. The molecule has 18 heavy (non-hydrogen) atoms. The van der Waals surface area contributed by atoms with Crippen molar-refractivity contribution in [3.63, 3.8) is 0 Å². The average Bonchev–Trinajstić information content (AvgIpc) is 3.06. The molecule has 2 aliphatic rings. The molecule has 1 N–H and O–H groups in total. The fraction of sp³-hybridized carbons (Fsp3) is 0.857. The Bertz CT molecular complexity index is 392. The summed E-state index contributed by atoms with van der Waals surface area (Å²) < 4.78 is 2.32. The van der Waals surface area contributed by atoms with Crippen molar-refractivity contribution < 1.29 is 0 Å². The molecule has 0 spiro atoms. The van der Waals surface area contributed by atoms with Crippen LogP contribution in [0.1, 0.15) is 57.1 Å². The lowest BCUT2D eigenvalue weighted by Crippen LogP contribution is -2.33. The molecule has 4 heteroatoms. The molecule has 1 atom stereocenters. The Hall–Kier alpha value is -0.900. The Morgan fingerprint density at radius 2 is 2.06 bits per heavy atom. The Labute approximate surface area is 109 Å². The number of hydrogen-bond acceptors (Lipinski definition) is 3. The predicted octanol–water partition coefficient (Wildman–Crippen LogP) is 2.28. The third-order valence-electron chi connectivity index (χ3n) is 4.63. The Morgan fingerprint density at radius 1 is 1.22 bits per heavy atom. The smallest absolute Gasteiger partial charge is 0.147 e. The average molecular weight is 248 g/mol. The van der Waals surface area contributed by atoms with E-state index in [2.05, 4.69) is 27.0 Å². The van der Waals surface area contributed by atoms with E-state index >= 15 is 0 Å². The number of fused-ring (bicyclic) bond motifs is 1. The predicted molar refractivity (Wildman–Crippen MR) is 71.2 cm³/mol. The van der Waals surface area contributed by atoms with E-state index in [0.29, 0.717) is 6.04 Å². The molecule has 1 aromatic heterocycles. The van der Waals surface area contributed by atoms with Crippen LogP contribution in [0.15, 0.2) is 0 Å². The second-order valence-electron chi connectivity index (χ2n) is 5.86. The second-order valence-corrected chi connectivity index (χ2v) is 5.86. The molecule has 1 saturated carbocycles. The van der Waals surface area contributed by atoms with Crippen molar-refractivity contribution in [2.24, 2.45) is 5.92 Å². The fourth-order valence-corrected chi connectivity index (χ4v) is 3.38. The van der Waals surface area contributed by atoms with Gasteiger partial charge in [-0.1, -0.05) is 12.8 Å². The lowest BCUT2D eigenvalue weighted by atomic mass is 10.00. The number of aromatic nitrogens is 3. The highest BCUT2D eigenvalue weighted by atomic mass is 15.3. The summed E-state index contributed by atoms with van der Waals surface area (Å²) in [6, 6.07) is 0.615. The normalized spacial score (nSPS) is 22.1. The van der Waals surface area contributed by atoms with E-state index in [1.165, 1.54) is 44.3 Å². The molecule has 100 valence electrons. The minimum atomic E-state index is 0.615. The van der Waals surface area contributed by atoms with Gasteiger partial charge >= 0.3 is 0 Å². The summed E-state index contributed by atoms with van der Waals surface area (Å²) in [4.78, 5) is 0.